The quantitative estimate of drug-likeness (QED) is 0.549. The highest BCUT2D eigenvalue weighted by atomic mass is 13.9. The molecule has 0 bridgehead atoms. The van der Waals surface area contributed by atoms with Crippen LogP contribution in [0, 0.1) is 6.92 Å². The van der Waals surface area contributed by atoms with E-state index >= 15 is 0 Å². The number of rotatable bonds is 1. The lowest BCUT2D eigenvalue weighted by molar-refractivity contribution is 1.54. The number of allylic oxidation sites excluding steroid dienone is 1. The first kappa shape index (κ1) is 7.07. The van der Waals surface area contributed by atoms with Crippen molar-refractivity contribution in [2.24, 2.45) is 0 Å². The van der Waals surface area contributed by atoms with E-state index in [0.717, 1.165) is 11.1 Å². The van der Waals surface area contributed by atoms with Gasteiger partial charge in [0.25, 0.3) is 0 Å². The Morgan fingerprint density at radius 3 is 2.10 bits per heavy atom. The molecule has 1 aromatic carbocycles. The second-order valence-corrected chi connectivity index (χ2v) is 2.48. The van der Waals surface area contributed by atoms with Gasteiger partial charge in [-0.1, -0.05) is 36.4 Å². The molecule has 0 aromatic heterocycles. The van der Waals surface area contributed by atoms with Gasteiger partial charge < -0.3 is 0 Å². The molecule has 0 spiro atoms. The van der Waals surface area contributed by atoms with Crippen LogP contribution in [0.5, 0.6) is 0 Å². The van der Waals surface area contributed by atoms with Gasteiger partial charge in [0, 0.05) is 0 Å². The van der Waals surface area contributed by atoms with Gasteiger partial charge in [0.05, 0.1) is 0 Å². The van der Waals surface area contributed by atoms with E-state index < -0.39 is 0 Å². The van der Waals surface area contributed by atoms with E-state index in [4.69, 9.17) is 0 Å². The number of hydrogen-bond donors (Lipinski definition) is 0. The van der Waals surface area contributed by atoms with Crippen LogP contribution in [-0.2, 0) is 0 Å². The predicted molar refractivity (Wildman–Crippen MR) is 45.6 cm³/mol. The van der Waals surface area contributed by atoms with Gasteiger partial charge in [-0.05, 0) is 25.0 Å². The highest BCUT2D eigenvalue weighted by Gasteiger charge is 1.89. The third kappa shape index (κ3) is 1.47. The summed E-state index contributed by atoms with van der Waals surface area (Å²) in [5.41, 5.74) is 3.33. The SMILES string of the molecule is [CH2]c1ccc(C(=C)C)cc1. The third-order valence-corrected chi connectivity index (χ3v) is 1.45. The van der Waals surface area contributed by atoms with Gasteiger partial charge in [0.15, 0.2) is 0 Å². The highest BCUT2D eigenvalue weighted by Crippen LogP contribution is 2.11. The first-order valence-electron chi connectivity index (χ1n) is 3.28. The molecule has 0 unspecified atom stereocenters. The first-order chi connectivity index (χ1) is 4.70. The normalized spacial score (nSPS) is 9.40. The smallest absolute Gasteiger partial charge is 0.0233 e. The van der Waals surface area contributed by atoms with Crippen LogP contribution in [0.3, 0.4) is 0 Å². The Bertz CT molecular complexity index is 229. The maximum atomic E-state index is 3.83. The molecule has 0 aliphatic rings. The summed E-state index contributed by atoms with van der Waals surface area (Å²) in [6, 6.07) is 8.04. The Labute approximate surface area is 62.2 Å². The van der Waals surface area contributed by atoms with Crippen LogP contribution in [0.15, 0.2) is 30.8 Å². The van der Waals surface area contributed by atoms with Crippen LogP contribution in [0.2, 0.25) is 0 Å². The molecule has 0 aliphatic heterocycles. The summed E-state index contributed by atoms with van der Waals surface area (Å²) in [6.07, 6.45) is 0. The van der Waals surface area contributed by atoms with Gasteiger partial charge in [-0.15, -0.1) is 0 Å². The molecule has 0 fully saturated rings. The van der Waals surface area contributed by atoms with Crippen molar-refractivity contribution in [2.75, 3.05) is 0 Å². The molecule has 0 nitrogen and oxygen atoms in total. The van der Waals surface area contributed by atoms with Crippen molar-refractivity contribution in [2.45, 2.75) is 6.92 Å². The minimum Gasteiger partial charge on any atom is -0.0955 e. The molecular formula is C10H11. The molecule has 0 heteroatoms. The fourth-order valence-corrected chi connectivity index (χ4v) is 0.789. The van der Waals surface area contributed by atoms with Crippen molar-refractivity contribution in [1.29, 1.82) is 0 Å². The van der Waals surface area contributed by atoms with Gasteiger partial charge >= 0.3 is 0 Å². The van der Waals surface area contributed by atoms with E-state index in [1.54, 1.807) is 0 Å². The molecule has 1 aromatic rings. The first-order valence-corrected chi connectivity index (χ1v) is 3.28. The minimum absolute atomic E-state index is 1.05. The summed E-state index contributed by atoms with van der Waals surface area (Å²) in [7, 11) is 0. The van der Waals surface area contributed by atoms with Crippen molar-refractivity contribution in [3.8, 4) is 0 Å². The van der Waals surface area contributed by atoms with E-state index in [1.165, 1.54) is 5.56 Å². The third-order valence-electron chi connectivity index (χ3n) is 1.45. The van der Waals surface area contributed by atoms with Crippen molar-refractivity contribution in [1.82, 2.24) is 0 Å². The molecule has 0 saturated carbocycles. The summed E-state index contributed by atoms with van der Waals surface area (Å²) >= 11 is 0. The summed E-state index contributed by atoms with van der Waals surface area (Å²) in [5, 5.41) is 0. The Kier molecular flexibility index (Phi) is 1.91. The molecule has 51 valence electrons. The van der Waals surface area contributed by atoms with E-state index in [9.17, 15) is 0 Å². The maximum absolute atomic E-state index is 3.83. The van der Waals surface area contributed by atoms with Crippen LogP contribution in [0.1, 0.15) is 18.1 Å². The fraction of sp³-hybridized carbons (Fsp3) is 0.100. The largest absolute Gasteiger partial charge is 0.0955 e. The Morgan fingerprint density at radius 2 is 1.70 bits per heavy atom. The fourth-order valence-electron chi connectivity index (χ4n) is 0.789. The lowest BCUT2D eigenvalue weighted by Gasteiger charge is -1.97. The molecular weight excluding hydrogens is 120 g/mol. The van der Waals surface area contributed by atoms with Gasteiger partial charge in [0.2, 0.25) is 0 Å². The maximum Gasteiger partial charge on any atom is -0.0233 e. The Balaban J connectivity index is 3.00. The zero-order chi connectivity index (χ0) is 7.56. The molecule has 1 radical (unpaired) electrons. The van der Waals surface area contributed by atoms with Crippen LogP contribution in [-0.4, -0.2) is 0 Å². The van der Waals surface area contributed by atoms with Gasteiger partial charge in [0.1, 0.15) is 0 Å². The lowest BCUT2D eigenvalue weighted by Crippen LogP contribution is -1.76. The lowest BCUT2D eigenvalue weighted by atomic mass is 10.1. The van der Waals surface area contributed by atoms with E-state index in [0.29, 0.717) is 0 Å². The van der Waals surface area contributed by atoms with Crippen molar-refractivity contribution in [3.63, 3.8) is 0 Å². The number of hydrogen-bond acceptors (Lipinski definition) is 0. The number of benzene rings is 1. The molecule has 0 heterocycles. The predicted octanol–water partition coefficient (Wildman–Crippen LogP) is 2.90. The molecule has 0 atom stereocenters. The van der Waals surface area contributed by atoms with Gasteiger partial charge in [-0.3, -0.25) is 0 Å². The summed E-state index contributed by atoms with van der Waals surface area (Å²) in [4.78, 5) is 0. The standard InChI is InChI=1S/C10H11/c1-8(2)10-6-4-9(3)5-7-10/h4-7H,1,3H2,2H3. The molecule has 0 N–H and O–H groups in total. The Hall–Kier alpha value is -1.04. The highest BCUT2D eigenvalue weighted by molar-refractivity contribution is 5.61. The second kappa shape index (κ2) is 2.70. The van der Waals surface area contributed by atoms with Gasteiger partial charge in [-0.2, -0.15) is 0 Å². The van der Waals surface area contributed by atoms with E-state index in [2.05, 4.69) is 13.5 Å². The second-order valence-electron chi connectivity index (χ2n) is 2.48. The van der Waals surface area contributed by atoms with Crippen LogP contribution in [0.25, 0.3) is 5.57 Å². The zero-order valence-corrected chi connectivity index (χ0v) is 6.22. The van der Waals surface area contributed by atoms with Crippen molar-refractivity contribution < 1.29 is 0 Å². The summed E-state index contributed by atoms with van der Waals surface area (Å²) in [5.74, 6) is 0. The average molecular weight is 131 g/mol. The molecule has 1 rings (SSSR count). The average Bonchev–Trinajstić information content (AvgIpc) is 1.88. The molecule has 0 aliphatic carbocycles. The van der Waals surface area contributed by atoms with Crippen molar-refractivity contribution >= 4 is 5.57 Å². The topological polar surface area (TPSA) is 0 Å². The van der Waals surface area contributed by atoms with Gasteiger partial charge in [-0.25, -0.2) is 0 Å². The van der Waals surface area contributed by atoms with Crippen LogP contribution in [0.4, 0.5) is 0 Å². The van der Waals surface area contributed by atoms with Crippen LogP contribution < -0.4 is 0 Å². The molecule has 0 saturated heterocycles. The van der Waals surface area contributed by atoms with E-state index in [-0.39, 0.29) is 0 Å². The van der Waals surface area contributed by atoms with Crippen molar-refractivity contribution in [3.05, 3.63) is 48.9 Å². The minimum atomic E-state index is 1.05. The summed E-state index contributed by atoms with van der Waals surface area (Å²) < 4.78 is 0. The van der Waals surface area contributed by atoms with Crippen LogP contribution >= 0.6 is 0 Å². The van der Waals surface area contributed by atoms with E-state index in [1.807, 2.05) is 31.2 Å². The monoisotopic (exact) mass is 131 g/mol. The summed E-state index contributed by atoms with van der Waals surface area (Å²) in [6.45, 7) is 9.62. The zero-order valence-electron chi connectivity index (χ0n) is 6.22. The molecule has 0 amide bonds. The molecule has 10 heavy (non-hydrogen) atoms. The Morgan fingerprint density at radius 1 is 1.20 bits per heavy atom.